The standard InChI is InChI=1S/C18H22N4O4S/c1-10-13(7-20-5-4-19-17(20)24)27-16-14(10)15(23)22(12-2-3-12)18(25)21(16)6-11-8-26-9-11/h11-12H,2-9H2,1H3,(H,19,24). The Morgan fingerprint density at radius 1 is 1.22 bits per heavy atom. The molecule has 2 saturated heterocycles. The van der Waals surface area contributed by atoms with E-state index in [-0.39, 0.29) is 23.3 Å². The molecule has 144 valence electrons. The maximum absolute atomic E-state index is 13.1. The minimum absolute atomic E-state index is 0.0328. The molecule has 0 radical (unpaired) electrons. The third-order valence-corrected chi connectivity index (χ3v) is 6.98. The molecule has 9 heteroatoms. The number of nitrogens with one attached hydrogen (secondary N) is 1. The van der Waals surface area contributed by atoms with Crippen molar-refractivity contribution in [2.45, 2.75) is 38.9 Å². The van der Waals surface area contributed by atoms with E-state index < -0.39 is 0 Å². The van der Waals surface area contributed by atoms with Crippen LogP contribution in [0.4, 0.5) is 4.79 Å². The fraction of sp³-hybridized carbons (Fsp3) is 0.611. The summed E-state index contributed by atoms with van der Waals surface area (Å²) < 4.78 is 8.49. The number of rotatable bonds is 5. The Balaban J connectivity index is 1.66. The van der Waals surface area contributed by atoms with Crippen LogP contribution in [-0.4, -0.2) is 46.4 Å². The van der Waals surface area contributed by atoms with Gasteiger partial charge in [0.2, 0.25) is 0 Å². The highest BCUT2D eigenvalue weighted by molar-refractivity contribution is 7.18. The van der Waals surface area contributed by atoms with Crippen molar-refractivity contribution in [1.29, 1.82) is 0 Å². The first-order chi connectivity index (χ1) is 13.0. The molecule has 1 aliphatic carbocycles. The molecule has 3 fully saturated rings. The summed E-state index contributed by atoms with van der Waals surface area (Å²) in [5, 5.41) is 3.45. The Labute approximate surface area is 159 Å². The van der Waals surface area contributed by atoms with E-state index in [0.29, 0.717) is 50.7 Å². The van der Waals surface area contributed by atoms with Crippen LogP contribution in [0.1, 0.15) is 29.3 Å². The van der Waals surface area contributed by atoms with E-state index in [9.17, 15) is 14.4 Å². The van der Waals surface area contributed by atoms with E-state index in [4.69, 9.17) is 4.74 Å². The Bertz CT molecular complexity index is 1040. The lowest BCUT2D eigenvalue weighted by Gasteiger charge is -2.27. The lowest BCUT2D eigenvalue weighted by atomic mass is 10.1. The number of thiophene rings is 1. The molecular formula is C18H22N4O4S. The molecule has 1 N–H and O–H groups in total. The van der Waals surface area contributed by atoms with Crippen LogP contribution in [0, 0.1) is 12.8 Å². The van der Waals surface area contributed by atoms with E-state index in [1.807, 2.05) is 6.92 Å². The van der Waals surface area contributed by atoms with Gasteiger partial charge in [-0.05, 0) is 25.3 Å². The maximum Gasteiger partial charge on any atom is 0.332 e. The Morgan fingerprint density at radius 3 is 2.59 bits per heavy atom. The Hall–Kier alpha value is -2.13. The van der Waals surface area contributed by atoms with Crippen molar-refractivity contribution < 1.29 is 9.53 Å². The lowest BCUT2D eigenvalue weighted by molar-refractivity contribution is -0.0394. The molecule has 2 aromatic rings. The summed E-state index contributed by atoms with van der Waals surface area (Å²) in [4.78, 5) is 41.6. The van der Waals surface area contributed by atoms with Gasteiger partial charge in [0.15, 0.2) is 0 Å². The molecule has 0 spiro atoms. The Kier molecular flexibility index (Phi) is 3.90. The fourth-order valence-electron chi connectivity index (χ4n) is 3.86. The van der Waals surface area contributed by atoms with Crippen LogP contribution in [0.5, 0.6) is 0 Å². The van der Waals surface area contributed by atoms with Crippen LogP contribution >= 0.6 is 11.3 Å². The first-order valence-corrected chi connectivity index (χ1v) is 10.2. The summed E-state index contributed by atoms with van der Waals surface area (Å²) in [6.07, 6.45) is 1.77. The molecule has 27 heavy (non-hydrogen) atoms. The Morgan fingerprint density at radius 2 is 2.00 bits per heavy atom. The average molecular weight is 390 g/mol. The van der Waals surface area contributed by atoms with Crippen LogP contribution in [0.3, 0.4) is 0 Å². The highest BCUT2D eigenvalue weighted by Crippen LogP contribution is 2.35. The smallest absolute Gasteiger partial charge is 0.332 e. The zero-order valence-corrected chi connectivity index (χ0v) is 16.0. The third-order valence-electron chi connectivity index (χ3n) is 5.68. The lowest BCUT2D eigenvalue weighted by Crippen LogP contribution is -2.42. The van der Waals surface area contributed by atoms with Crippen LogP contribution in [0.2, 0.25) is 0 Å². The quantitative estimate of drug-likeness (QED) is 0.827. The molecule has 2 aliphatic heterocycles. The number of aryl methyl sites for hydroxylation is 1. The van der Waals surface area contributed by atoms with E-state index >= 15 is 0 Å². The van der Waals surface area contributed by atoms with Gasteiger partial charge in [0.05, 0.1) is 25.1 Å². The average Bonchev–Trinajstić information content (AvgIpc) is 3.26. The van der Waals surface area contributed by atoms with E-state index in [2.05, 4.69) is 5.32 Å². The monoisotopic (exact) mass is 390 g/mol. The predicted molar refractivity (Wildman–Crippen MR) is 101 cm³/mol. The van der Waals surface area contributed by atoms with Gasteiger partial charge in [-0.1, -0.05) is 0 Å². The normalized spacial score (nSPS) is 20.3. The van der Waals surface area contributed by atoms with Gasteiger partial charge in [-0.15, -0.1) is 11.3 Å². The van der Waals surface area contributed by atoms with Crippen LogP contribution in [0.15, 0.2) is 9.59 Å². The molecule has 5 rings (SSSR count). The van der Waals surface area contributed by atoms with Gasteiger partial charge in [-0.25, -0.2) is 9.59 Å². The molecular weight excluding hydrogens is 368 g/mol. The van der Waals surface area contributed by atoms with Crippen molar-refractivity contribution in [1.82, 2.24) is 19.4 Å². The van der Waals surface area contributed by atoms with Gasteiger partial charge in [-0.2, -0.15) is 0 Å². The number of ether oxygens (including phenoxy) is 1. The van der Waals surface area contributed by atoms with E-state index in [1.54, 1.807) is 9.47 Å². The highest BCUT2D eigenvalue weighted by Gasteiger charge is 2.32. The molecule has 2 amide bonds. The fourth-order valence-corrected chi connectivity index (χ4v) is 5.17. The minimum Gasteiger partial charge on any atom is -0.381 e. The molecule has 4 heterocycles. The van der Waals surface area contributed by atoms with Gasteiger partial charge in [-0.3, -0.25) is 13.9 Å². The largest absolute Gasteiger partial charge is 0.381 e. The molecule has 2 aromatic heterocycles. The topological polar surface area (TPSA) is 85.6 Å². The molecule has 0 aromatic carbocycles. The number of hydrogen-bond acceptors (Lipinski definition) is 5. The second-order valence-corrected chi connectivity index (χ2v) is 8.77. The van der Waals surface area contributed by atoms with Crippen molar-refractivity contribution in [3.05, 3.63) is 31.3 Å². The van der Waals surface area contributed by atoms with Gasteiger partial charge in [0.1, 0.15) is 4.83 Å². The molecule has 1 saturated carbocycles. The van der Waals surface area contributed by atoms with Crippen LogP contribution in [0.25, 0.3) is 10.2 Å². The molecule has 0 atom stereocenters. The molecule has 0 bridgehead atoms. The second-order valence-electron chi connectivity index (χ2n) is 7.69. The summed E-state index contributed by atoms with van der Waals surface area (Å²) in [5.74, 6) is 0.311. The zero-order valence-electron chi connectivity index (χ0n) is 15.2. The predicted octanol–water partition coefficient (Wildman–Crippen LogP) is 1.04. The van der Waals surface area contributed by atoms with Gasteiger partial charge >= 0.3 is 11.7 Å². The first kappa shape index (κ1) is 17.0. The summed E-state index contributed by atoms with van der Waals surface area (Å²) in [7, 11) is 0. The van der Waals surface area contributed by atoms with Crippen LogP contribution in [-0.2, 0) is 17.8 Å². The number of hydrogen-bond donors (Lipinski definition) is 1. The maximum atomic E-state index is 13.1. The van der Waals surface area contributed by atoms with Crippen LogP contribution < -0.4 is 16.6 Å². The number of amides is 2. The number of nitrogens with zero attached hydrogens (tertiary/aromatic N) is 3. The number of aromatic nitrogens is 2. The summed E-state index contributed by atoms with van der Waals surface area (Å²) in [5.41, 5.74) is 0.519. The third kappa shape index (κ3) is 2.71. The molecule has 3 aliphatic rings. The number of urea groups is 1. The van der Waals surface area contributed by atoms with Gasteiger partial charge in [0, 0.05) is 36.5 Å². The summed E-state index contributed by atoms with van der Waals surface area (Å²) >= 11 is 1.47. The van der Waals surface area contributed by atoms with Gasteiger partial charge < -0.3 is 15.0 Å². The number of fused-ring (bicyclic) bond motifs is 1. The number of carbonyl (C=O) groups is 1. The highest BCUT2D eigenvalue weighted by atomic mass is 32.1. The summed E-state index contributed by atoms with van der Waals surface area (Å²) in [6, 6.07) is -0.0448. The molecule has 8 nitrogen and oxygen atoms in total. The number of carbonyl (C=O) groups excluding carboxylic acids is 1. The van der Waals surface area contributed by atoms with Crippen molar-refractivity contribution in [2.75, 3.05) is 26.3 Å². The van der Waals surface area contributed by atoms with Gasteiger partial charge in [0.25, 0.3) is 5.56 Å². The van der Waals surface area contributed by atoms with Crippen molar-refractivity contribution in [3.63, 3.8) is 0 Å². The van der Waals surface area contributed by atoms with Crippen molar-refractivity contribution >= 4 is 27.6 Å². The minimum atomic E-state index is -0.200. The van der Waals surface area contributed by atoms with Crippen molar-refractivity contribution in [3.8, 4) is 0 Å². The molecule has 0 unspecified atom stereocenters. The first-order valence-electron chi connectivity index (χ1n) is 9.42. The van der Waals surface area contributed by atoms with E-state index in [1.165, 1.54) is 15.9 Å². The van der Waals surface area contributed by atoms with Crippen molar-refractivity contribution in [2.24, 2.45) is 5.92 Å². The second kappa shape index (κ2) is 6.20. The van der Waals surface area contributed by atoms with E-state index in [0.717, 1.165) is 28.1 Å². The zero-order chi connectivity index (χ0) is 18.7. The SMILES string of the molecule is Cc1c(CN2CCNC2=O)sc2c1c(=O)n(C1CC1)c(=O)n2CC1COC1. The summed E-state index contributed by atoms with van der Waals surface area (Å²) in [6.45, 7) is 5.59.